The zero-order valence-electron chi connectivity index (χ0n) is 28.8. The van der Waals surface area contributed by atoms with Gasteiger partial charge >= 0.3 is 0 Å². The van der Waals surface area contributed by atoms with E-state index in [9.17, 15) is 4.79 Å². The molecular weight excluding hydrogens is 544 g/mol. The van der Waals surface area contributed by atoms with Gasteiger partial charge in [-0.25, -0.2) is 0 Å². The van der Waals surface area contributed by atoms with E-state index in [1.807, 2.05) is 0 Å². The Morgan fingerprint density at radius 1 is 1.07 bits per heavy atom. The highest BCUT2D eigenvalue weighted by Gasteiger charge is 2.28. The third kappa shape index (κ3) is 11.5. The molecule has 0 heterocycles. The Hall–Kier alpha value is -1.34. The Balaban J connectivity index is 1.59. The van der Waals surface area contributed by atoms with Crippen LogP contribution in [0.2, 0.25) is 0 Å². The number of ketones is 1. The second-order valence-corrected chi connectivity index (χ2v) is 15.4. The van der Waals surface area contributed by atoms with Crippen molar-refractivity contribution in [2.24, 2.45) is 41.4 Å². The predicted molar refractivity (Wildman–Crippen MR) is 190 cm³/mol. The molecule has 0 aromatic carbocycles. The highest BCUT2D eigenvalue weighted by atomic mass is 35.5. The average molecular weight is 609 g/mol. The molecule has 3 rings (SSSR count). The maximum atomic E-state index is 13.6. The van der Waals surface area contributed by atoms with E-state index < -0.39 is 0 Å². The quantitative estimate of drug-likeness (QED) is 0.0911. The molecule has 6 atom stereocenters. The summed E-state index contributed by atoms with van der Waals surface area (Å²) in [6.07, 6.45) is 30.5. The van der Waals surface area contributed by atoms with Gasteiger partial charge in [-0.15, -0.1) is 11.6 Å². The molecule has 0 saturated heterocycles. The van der Waals surface area contributed by atoms with E-state index >= 15 is 0 Å². The van der Waals surface area contributed by atoms with Crippen molar-refractivity contribution in [3.8, 4) is 0 Å². The third-order valence-corrected chi connectivity index (χ3v) is 11.7. The van der Waals surface area contributed by atoms with Crippen LogP contribution in [0.4, 0.5) is 0 Å². The molecule has 0 N–H and O–H groups in total. The van der Waals surface area contributed by atoms with Crippen LogP contribution >= 0.6 is 11.6 Å². The van der Waals surface area contributed by atoms with Crippen LogP contribution in [0.3, 0.4) is 0 Å². The maximum Gasteiger partial charge on any atom is 0.137 e. The number of hydrogen-bond donors (Lipinski definition) is 0. The number of unbranched alkanes of at least 4 members (excludes halogenated alkanes) is 1. The molecule has 0 spiro atoms. The number of Topliss-reactive ketones (excluding diaryl/α,β-unsaturated/α-hetero) is 1. The molecule has 2 heteroatoms. The average Bonchev–Trinajstić information content (AvgIpc) is 2.98. The standard InChI is InChI=1S/C41H65ClO/c1-8-11-15-33(9-2)25-35(22-21-34-19-17-29(4)18-20-34)26-38(43)27-36-28-41(42)37(23-31(36)6)24-32(7)39(10-3)40-16-13-12-14-30(40)5/h10,13,16,23,28-30,33-35,37,40-41H,7-9,11-12,14-15,17-22,24-27H2,1-6H3/b39-10-/t29?,30?,33-,34?,35+,37?,40?,41+/m0/s1. The van der Waals surface area contributed by atoms with Gasteiger partial charge in [-0.2, -0.15) is 0 Å². The third-order valence-electron chi connectivity index (χ3n) is 11.3. The monoisotopic (exact) mass is 608 g/mol. The summed E-state index contributed by atoms with van der Waals surface area (Å²) in [7, 11) is 0. The van der Waals surface area contributed by atoms with Gasteiger partial charge in [0.2, 0.25) is 0 Å². The Morgan fingerprint density at radius 2 is 1.81 bits per heavy atom. The first-order chi connectivity index (χ1) is 20.6. The number of allylic oxidation sites excluding steroid dienone is 9. The van der Waals surface area contributed by atoms with Gasteiger partial charge in [0, 0.05) is 24.7 Å². The summed E-state index contributed by atoms with van der Waals surface area (Å²) < 4.78 is 0. The van der Waals surface area contributed by atoms with Crippen LogP contribution in [0.1, 0.15) is 144 Å². The van der Waals surface area contributed by atoms with Crippen LogP contribution in [0.15, 0.2) is 59.3 Å². The molecule has 0 bridgehead atoms. The van der Waals surface area contributed by atoms with E-state index in [1.165, 1.54) is 100 Å². The van der Waals surface area contributed by atoms with Crippen LogP contribution in [0.25, 0.3) is 0 Å². The summed E-state index contributed by atoms with van der Waals surface area (Å²) in [6.45, 7) is 18.3. The number of rotatable bonds is 17. The lowest BCUT2D eigenvalue weighted by Crippen LogP contribution is -2.21. The van der Waals surface area contributed by atoms with Crippen molar-refractivity contribution < 1.29 is 4.79 Å². The molecule has 43 heavy (non-hydrogen) atoms. The van der Waals surface area contributed by atoms with Gasteiger partial charge in [-0.3, -0.25) is 4.79 Å². The van der Waals surface area contributed by atoms with Gasteiger partial charge in [0.1, 0.15) is 5.78 Å². The van der Waals surface area contributed by atoms with Crippen molar-refractivity contribution in [1.82, 2.24) is 0 Å². The smallest absolute Gasteiger partial charge is 0.137 e. The van der Waals surface area contributed by atoms with Gasteiger partial charge < -0.3 is 0 Å². The molecule has 0 radical (unpaired) electrons. The molecule has 0 aromatic rings. The minimum atomic E-state index is -0.0938. The van der Waals surface area contributed by atoms with Crippen molar-refractivity contribution in [2.45, 2.75) is 150 Å². The highest BCUT2D eigenvalue weighted by molar-refractivity contribution is 6.22. The zero-order valence-corrected chi connectivity index (χ0v) is 29.6. The van der Waals surface area contributed by atoms with Crippen molar-refractivity contribution in [1.29, 1.82) is 0 Å². The normalized spacial score (nSPS) is 29.5. The summed E-state index contributed by atoms with van der Waals surface area (Å²) in [6, 6.07) is 0. The molecule has 1 saturated carbocycles. The number of halogens is 1. The number of carbonyl (C=O) groups excluding carboxylic acids is 1. The van der Waals surface area contributed by atoms with Crippen molar-refractivity contribution in [3.05, 3.63) is 59.3 Å². The largest absolute Gasteiger partial charge is 0.299 e. The zero-order chi connectivity index (χ0) is 31.4. The Morgan fingerprint density at radius 3 is 2.47 bits per heavy atom. The minimum Gasteiger partial charge on any atom is -0.299 e. The van der Waals surface area contributed by atoms with Gasteiger partial charge in [-0.1, -0.05) is 134 Å². The van der Waals surface area contributed by atoms with E-state index in [2.05, 4.69) is 78.5 Å². The van der Waals surface area contributed by atoms with Crippen molar-refractivity contribution in [2.75, 3.05) is 0 Å². The first-order valence-corrected chi connectivity index (χ1v) is 18.6. The molecule has 0 amide bonds. The molecule has 242 valence electrons. The molecule has 3 aliphatic rings. The lowest BCUT2D eigenvalue weighted by molar-refractivity contribution is -0.119. The summed E-state index contributed by atoms with van der Waals surface area (Å²) in [5.74, 6) is 4.80. The summed E-state index contributed by atoms with van der Waals surface area (Å²) in [4.78, 5) is 13.6. The molecular formula is C41H65ClO. The SMILES string of the molecule is C=C(CC1C=C(C)C(CC(=O)C[C@H](CCC2CCC(C)CC2)C[C@@H](CC)CCCC)=C[C@H]1Cl)/C(=C/C)C1C=CCCC1C. The Labute approximate surface area is 271 Å². The molecule has 3 aliphatic carbocycles. The van der Waals surface area contributed by atoms with Crippen molar-refractivity contribution >= 4 is 17.4 Å². The highest BCUT2D eigenvalue weighted by Crippen LogP contribution is 2.39. The fourth-order valence-corrected chi connectivity index (χ4v) is 8.52. The first kappa shape index (κ1) is 36.1. The van der Waals surface area contributed by atoms with Crippen molar-refractivity contribution in [3.63, 3.8) is 0 Å². The van der Waals surface area contributed by atoms with Crippen LogP contribution in [0.5, 0.6) is 0 Å². The van der Waals surface area contributed by atoms with E-state index in [0.717, 1.165) is 36.2 Å². The van der Waals surface area contributed by atoms with Crippen LogP contribution in [-0.4, -0.2) is 11.2 Å². The van der Waals surface area contributed by atoms with Crippen LogP contribution in [-0.2, 0) is 4.79 Å². The van der Waals surface area contributed by atoms with E-state index in [0.29, 0.717) is 30.0 Å². The van der Waals surface area contributed by atoms with Gasteiger partial charge in [-0.05, 0) is 86.7 Å². The molecule has 1 fully saturated rings. The van der Waals surface area contributed by atoms with Gasteiger partial charge in [0.25, 0.3) is 0 Å². The Bertz CT molecular complexity index is 1000. The summed E-state index contributed by atoms with van der Waals surface area (Å²) in [5.41, 5.74) is 4.97. The van der Waals surface area contributed by atoms with E-state index in [-0.39, 0.29) is 11.3 Å². The van der Waals surface area contributed by atoms with Crippen LogP contribution in [0, 0.1) is 41.4 Å². The molecule has 0 aliphatic heterocycles. The lowest BCUT2D eigenvalue weighted by Gasteiger charge is -2.31. The lowest BCUT2D eigenvalue weighted by atomic mass is 9.75. The Kier molecular flexibility index (Phi) is 15.6. The topological polar surface area (TPSA) is 17.1 Å². The molecule has 3 unspecified atom stereocenters. The first-order valence-electron chi connectivity index (χ1n) is 18.2. The summed E-state index contributed by atoms with van der Waals surface area (Å²) >= 11 is 7.01. The number of carbonyl (C=O) groups is 1. The van der Waals surface area contributed by atoms with Crippen LogP contribution < -0.4 is 0 Å². The van der Waals surface area contributed by atoms with Gasteiger partial charge in [0.15, 0.2) is 0 Å². The van der Waals surface area contributed by atoms with E-state index in [4.69, 9.17) is 11.6 Å². The fourth-order valence-electron chi connectivity index (χ4n) is 8.21. The second kappa shape index (κ2) is 18.6. The minimum absolute atomic E-state index is 0.0938. The molecule has 1 nitrogen and oxygen atoms in total. The summed E-state index contributed by atoms with van der Waals surface area (Å²) in [5, 5.41) is -0.0938. The van der Waals surface area contributed by atoms with Gasteiger partial charge in [0.05, 0.1) is 5.38 Å². The number of alkyl halides is 1. The number of hydrogen-bond acceptors (Lipinski definition) is 1. The molecule has 0 aromatic heterocycles. The van der Waals surface area contributed by atoms with E-state index in [1.54, 1.807) is 0 Å². The maximum absolute atomic E-state index is 13.6. The fraction of sp³-hybridized carbons (Fsp3) is 0.732. The predicted octanol–water partition coefficient (Wildman–Crippen LogP) is 12.8. The second-order valence-electron chi connectivity index (χ2n) is 14.9.